The summed E-state index contributed by atoms with van der Waals surface area (Å²) in [5.41, 5.74) is 1.31. The third-order valence-electron chi connectivity index (χ3n) is 2.17. The van der Waals surface area contributed by atoms with Gasteiger partial charge in [0.25, 0.3) is 0 Å². The highest BCUT2D eigenvalue weighted by Gasteiger charge is 2.07. The molecule has 1 unspecified atom stereocenters. The highest BCUT2D eigenvalue weighted by atomic mass is 32.2. The van der Waals surface area contributed by atoms with E-state index in [1.165, 1.54) is 17.1 Å². The molecule has 14 heavy (non-hydrogen) atoms. The number of hydrogen-bond acceptors (Lipinski definition) is 3. The summed E-state index contributed by atoms with van der Waals surface area (Å²) >= 11 is 1.98. The quantitative estimate of drug-likeness (QED) is 0.772. The van der Waals surface area contributed by atoms with E-state index >= 15 is 0 Å². The molecule has 80 valence electrons. The number of rotatable bonds is 6. The molecule has 0 saturated carbocycles. The maximum absolute atomic E-state index is 4.17. The normalized spacial score (nSPS) is 13.1. The van der Waals surface area contributed by atoms with Crippen molar-refractivity contribution in [1.29, 1.82) is 0 Å². The fraction of sp³-hybridized carbons (Fsp3) is 0.700. The Balaban J connectivity index is 2.40. The molecule has 0 aliphatic carbocycles. The van der Waals surface area contributed by atoms with E-state index in [2.05, 4.69) is 23.5 Å². The SMILES string of the molecule is CCSCC(Cc1cnn(C)c1)NC. The van der Waals surface area contributed by atoms with E-state index in [9.17, 15) is 0 Å². The molecule has 1 aromatic heterocycles. The van der Waals surface area contributed by atoms with Crippen molar-refractivity contribution in [2.75, 3.05) is 18.6 Å². The smallest absolute Gasteiger partial charge is 0.0522 e. The van der Waals surface area contributed by atoms with Crippen molar-refractivity contribution in [2.24, 2.45) is 7.05 Å². The molecule has 1 aromatic rings. The minimum Gasteiger partial charge on any atom is -0.316 e. The van der Waals surface area contributed by atoms with Gasteiger partial charge in [0.1, 0.15) is 0 Å². The van der Waals surface area contributed by atoms with Crippen molar-refractivity contribution in [3.63, 3.8) is 0 Å². The Bertz CT molecular complexity index is 260. The summed E-state index contributed by atoms with van der Waals surface area (Å²) in [6.45, 7) is 2.20. The van der Waals surface area contributed by atoms with Gasteiger partial charge in [0.2, 0.25) is 0 Å². The highest BCUT2D eigenvalue weighted by molar-refractivity contribution is 7.99. The average molecular weight is 213 g/mol. The van der Waals surface area contributed by atoms with Crippen molar-refractivity contribution >= 4 is 11.8 Å². The van der Waals surface area contributed by atoms with Gasteiger partial charge in [-0.3, -0.25) is 4.68 Å². The summed E-state index contributed by atoms with van der Waals surface area (Å²) < 4.78 is 1.86. The van der Waals surface area contributed by atoms with Crippen LogP contribution in [-0.4, -0.2) is 34.4 Å². The van der Waals surface area contributed by atoms with Crippen LogP contribution >= 0.6 is 11.8 Å². The van der Waals surface area contributed by atoms with E-state index in [4.69, 9.17) is 0 Å². The Labute approximate surface area is 90.3 Å². The number of nitrogens with one attached hydrogen (secondary N) is 1. The monoisotopic (exact) mass is 213 g/mol. The largest absolute Gasteiger partial charge is 0.316 e. The molecule has 0 bridgehead atoms. The molecule has 0 amide bonds. The van der Waals surface area contributed by atoms with Crippen LogP contribution in [0.2, 0.25) is 0 Å². The summed E-state index contributed by atoms with van der Waals surface area (Å²) in [5, 5.41) is 7.50. The maximum atomic E-state index is 4.17. The van der Waals surface area contributed by atoms with Crippen LogP contribution in [0.15, 0.2) is 12.4 Å². The predicted molar refractivity (Wildman–Crippen MR) is 62.8 cm³/mol. The van der Waals surface area contributed by atoms with Gasteiger partial charge in [0.05, 0.1) is 6.20 Å². The van der Waals surface area contributed by atoms with Crippen molar-refractivity contribution in [2.45, 2.75) is 19.4 Å². The highest BCUT2D eigenvalue weighted by Crippen LogP contribution is 2.07. The lowest BCUT2D eigenvalue weighted by molar-refractivity contribution is 0.617. The summed E-state index contributed by atoms with van der Waals surface area (Å²) in [4.78, 5) is 0. The zero-order chi connectivity index (χ0) is 10.4. The Morgan fingerprint density at radius 2 is 2.43 bits per heavy atom. The molecular weight excluding hydrogens is 194 g/mol. The molecule has 1 atom stereocenters. The van der Waals surface area contributed by atoms with E-state index in [1.54, 1.807) is 0 Å². The van der Waals surface area contributed by atoms with E-state index in [1.807, 2.05) is 36.7 Å². The number of likely N-dealkylation sites (N-methyl/N-ethyl adjacent to an activating group) is 1. The summed E-state index contributed by atoms with van der Waals surface area (Å²) in [7, 11) is 3.98. The summed E-state index contributed by atoms with van der Waals surface area (Å²) in [6, 6.07) is 0.559. The zero-order valence-corrected chi connectivity index (χ0v) is 9.97. The minimum absolute atomic E-state index is 0.559. The van der Waals surface area contributed by atoms with E-state index in [0.29, 0.717) is 6.04 Å². The Morgan fingerprint density at radius 3 is 2.93 bits per heavy atom. The van der Waals surface area contributed by atoms with Gasteiger partial charge in [-0.2, -0.15) is 16.9 Å². The van der Waals surface area contributed by atoms with E-state index in [0.717, 1.165) is 6.42 Å². The van der Waals surface area contributed by atoms with Gasteiger partial charge in [-0.25, -0.2) is 0 Å². The van der Waals surface area contributed by atoms with Crippen LogP contribution in [0.3, 0.4) is 0 Å². The zero-order valence-electron chi connectivity index (χ0n) is 9.16. The molecule has 0 aliphatic heterocycles. The summed E-state index contributed by atoms with van der Waals surface area (Å²) in [5.74, 6) is 2.35. The molecule has 0 radical (unpaired) electrons. The molecule has 1 N–H and O–H groups in total. The maximum Gasteiger partial charge on any atom is 0.0522 e. The first kappa shape index (κ1) is 11.6. The molecule has 0 saturated heterocycles. The lowest BCUT2D eigenvalue weighted by Gasteiger charge is -2.13. The van der Waals surface area contributed by atoms with Gasteiger partial charge in [-0.05, 0) is 24.8 Å². The number of thioether (sulfide) groups is 1. The van der Waals surface area contributed by atoms with E-state index in [-0.39, 0.29) is 0 Å². The Kier molecular flexibility index (Phi) is 5.04. The molecule has 1 heterocycles. The van der Waals surface area contributed by atoms with Crippen LogP contribution in [0.1, 0.15) is 12.5 Å². The molecule has 4 heteroatoms. The van der Waals surface area contributed by atoms with Crippen LogP contribution in [0.25, 0.3) is 0 Å². The predicted octanol–water partition coefficient (Wildman–Crippen LogP) is 1.30. The van der Waals surface area contributed by atoms with Gasteiger partial charge in [0, 0.05) is 25.0 Å². The Morgan fingerprint density at radius 1 is 1.64 bits per heavy atom. The lowest BCUT2D eigenvalue weighted by atomic mass is 10.1. The number of aryl methyl sites for hydroxylation is 1. The Hall–Kier alpha value is -0.480. The van der Waals surface area contributed by atoms with Gasteiger partial charge < -0.3 is 5.32 Å². The second-order valence-electron chi connectivity index (χ2n) is 3.37. The third kappa shape index (κ3) is 3.72. The number of aromatic nitrogens is 2. The second kappa shape index (κ2) is 6.09. The first-order valence-corrected chi connectivity index (χ1v) is 6.14. The van der Waals surface area contributed by atoms with Crippen LogP contribution in [0.5, 0.6) is 0 Å². The molecule has 0 aliphatic rings. The molecule has 0 aromatic carbocycles. The summed E-state index contributed by atoms with van der Waals surface area (Å²) in [6.07, 6.45) is 5.10. The second-order valence-corrected chi connectivity index (χ2v) is 4.69. The fourth-order valence-corrected chi connectivity index (χ4v) is 2.17. The lowest BCUT2D eigenvalue weighted by Crippen LogP contribution is -2.30. The van der Waals surface area contributed by atoms with Crippen LogP contribution in [0, 0.1) is 0 Å². The van der Waals surface area contributed by atoms with Crippen molar-refractivity contribution in [1.82, 2.24) is 15.1 Å². The number of nitrogens with zero attached hydrogens (tertiary/aromatic N) is 2. The molecular formula is C10H19N3S. The van der Waals surface area contributed by atoms with Gasteiger partial charge >= 0.3 is 0 Å². The standard InChI is InChI=1S/C10H19N3S/c1-4-14-8-10(11-2)5-9-6-12-13(3)7-9/h6-7,10-11H,4-5,8H2,1-3H3. The first-order chi connectivity index (χ1) is 6.76. The van der Waals surface area contributed by atoms with Crippen LogP contribution in [-0.2, 0) is 13.5 Å². The van der Waals surface area contributed by atoms with Crippen LogP contribution < -0.4 is 5.32 Å². The fourth-order valence-electron chi connectivity index (χ4n) is 1.37. The first-order valence-electron chi connectivity index (χ1n) is 4.98. The topological polar surface area (TPSA) is 29.9 Å². The third-order valence-corrected chi connectivity index (χ3v) is 3.22. The van der Waals surface area contributed by atoms with E-state index < -0.39 is 0 Å². The van der Waals surface area contributed by atoms with Gasteiger partial charge in [-0.1, -0.05) is 6.92 Å². The van der Waals surface area contributed by atoms with Crippen molar-refractivity contribution < 1.29 is 0 Å². The van der Waals surface area contributed by atoms with Gasteiger partial charge in [-0.15, -0.1) is 0 Å². The average Bonchev–Trinajstić information content (AvgIpc) is 2.58. The molecule has 0 fully saturated rings. The minimum atomic E-state index is 0.559. The molecule has 1 rings (SSSR count). The van der Waals surface area contributed by atoms with Crippen LogP contribution in [0.4, 0.5) is 0 Å². The van der Waals surface area contributed by atoms with Crippen molar-refractivity contribution in [3.8, 4) is 0 Å². The molecule has 0 spiro atoms. The number of hydrogen-bond donors (Lipinski definition) is 1. The molecule has 3 nitrogen and oxygen atoms in total. The van der Waals surface area contributed by atoms with Crippen molar-refractivity contribution in [3.05, 3.63) is 18.0 Å². The van der Waals surface area contributed by atoms with Gasteiger partial charge in [0.15, 0.2) is 0 Å².